The lowest BCUT2D eigenvalue weighted by atomic mass is 10.1. The van der Waals surface area contributed by atoms with E-state index in [-0.39, 0.29) is 0 Å². The second-order valence-electron chi connectivity index (χ2n) is 5.54. The van der Waals surface area contributed by atoms with Crippen LogP contribution in [0.2, 0.25) is 0 Å². The van der Waals surface area contributed by atoms with E-state index in [1.807, 2.05) is 13.8 Å². The van der Waals surface area contributed by atoms with Gasteiger partial charge in [-0.05, 0) is 37.5 Å². The van der Waals surface area contributed by atoms with Crippen LogP contribution in [0.5, 0.6) is 0 Å². The van der Waals surface area contributed by atoms with Crippen molar-refractivity contribution in [1.29, 1.82) is 0 Å². The first-order valence-electron chi connectivity index (χ1n) is 8.72. The number of hydrogen-bond acceptors (Lipinski definition) is 3. The van der Waals surface area contributed by atoms with Gasteiger partial charge in [0.15, 0.2) is 0 Å². The molecule has 0 bridgehead atoms. The van der Waals surface area contributed by atoms with Crippen LogP contribution in [0.15, 0.2) is 41.8 Å². The zero-order valence-electron chi connectivity index (χ0n) is 14.8. The van der Waals surface area contributed by atoms with E-state index in [4.69, 9.17) is 9.84 Å². The minimum absolute atomic E-state index is 0.422. The third-order valence-electron chi connectivity index (χ3n) is 4.17. The summed E-state index contributed by atoms with van der Waals surface area (Å²) in [7, 11) is 1.77. The highest BCUT2D eigenvalue weighted by molar-refractivity contribution is 6.06. The highest BCUT2D eigenvalue weighted by atomic mass is 16.5. The van der Waals surface area contributed by atoms with Crippen LogP contribution in [0.3, 0.4) is 0 Å². The molecule has 3 rings (SSSR count). The predicted octanol–water partition coefficient (Wildman–Crippen LogP) is 4.19. The van der Waals surface area contributed by atoms with E-state index in [0.717, 1.165) is 25.3 Å². The Hall–Kier alpha value is -1.81. The minimum atomic E-state index is 0.422. The standard InChI is InChI=1S/C17H23N3O.C2H6/c1-3-16(18-20-11-6-7-14(20)13-21-2)15-9-12-19-10-5-4-8-17(15)19;1-2/h4-5,8-10,12,14H,3,6-7,11,13H2,1-2H3;1-2H3/b18-16+;. The maximum atomic E-state index is 5.32. The SMILES string of the molecule is CC.CC/C(=N\N1CCCC1COC)c1ccn2ccccc12. The summed E-state index contributed by atoms with van der Waals surface area (Å²) >= 11 is 0. The molecule has 1 saturated heterocycles. The number of nitrogens with zero attached hydrogens (tertiary/aromatic N) is 3. The molecule has 0 aliphatic carbocycles. The summed E-state index contributed by atoms with van der Waals surface area (Å²) in [5, 5.41) is 7.16. The molecule has 0 saturated carbocycles. The molecule has 0 N–H and O–H groups in total. The smallest absolute Gasteiger partial charge is 0.0704 e. The van der Waals surface area contributed by atoms with Crippen LogP contribution in [-0.2, 0) is 4.74 Å². The summed E-state index contributed by atoms with van der Waals surface area (Å²) in [5.74, 6) is 0. The van der Waals surface area contributed by atoms with Crippen molar-refractivity contribution < 1.29 is 4.74 Å². The number of ether oxygens (including phenoxy) is 1. The highest BCUT2D eigenvalue weighted by Gasteiger charge is 2.23. The molecule has 0 radical (unpaired) electrons. The van der Waals surface area contributed by atoms with E-state index in [1.165, 1.54) is 23.9 Å². The van der Waals surface area contributed by atoms with Gasteiger partial charge in [0.05, 0.1) is 23.9 Å². The number of fused-ring (bicyclic) bond motifs is 1. The quantitative estimate of drug-likeness (QED) is 0.774. The maximum Gasteiger partial charge on any atom is 0.0704 e. The molecule has 126 valence electrons. The average Bonchev–Trinajstić information content (AvgIpc) is 3.22. The van der Waals surface area contributed by atoms with Gasteiger partial charge < -0.3 is 9.14 Å². The van der Waals surface area contributed by atoms with E-state index in [9.17, 15) is 0 Å². The molecule has 0 amide bonds. The van der Waals surface area contributed by atoms with Gasteiger partial charge in [-0.1, -0.05) is 26.8 Å². The fourth-order valence-corrected chi connectivity index (χ4v) is 3.08. The third kappa shape index (κ3) is 3.94. The van der Waals surface area contributed by atoms with Crippen molar-refractivity contribution in [3.8, 4) is 0 Å². The van der Waals surface area contributed by atoms with E-state index >= 15 is 0 Å². The van der Waals surface area contributed by atoms with Crippen LogP contribution < -0.4 is 0 Å². The number of rotatable bonds is 5. The van der Waals surface area contributed by atoms with Crippen molar-refractivity contribution in [3.05, 3.63) is 42.2 Å². The highest BCUT2D eigenvalue weighted by Crippen LogP contribution is 2.21. The minimum Gasteiger partial charge on any atom is -0.382 e. The fraction of sp³-hybridized carbons (Fsp3) is 0.526. The Morgan fingerprint density at radius 3 is 2.83 bits per heavy atom. The largest absolute Gasteiger partial charge is 0.382 e. The van der Waals surface area contributed by atoms with Crippen LogP contribution in [-0.4, -0.2) is 41.4 Å². The van der Waals surface area contributed by atoms with Gasteiger partial charge in [0, 0.05) is 31.6 Å². The van der Waals surface area contributed by atoms with Gasteiger partial charge in [-0.3, -0.25) is 5.01 Å². The monoisotopic (exact) mass is 315 g/mol. The Morgan fingerprint density at radius 1 is 1.26 bits per heavy atom. The van der Waals surface area contributed by atoms with Gasteiger partial charge in [-0.25, -0.2) is 0 Å². The van der Waals surface area contributed by atoms with Gasteiger partial charge in [0.2, 0.25) is 0 Å². The lowest BCUT2D eigenvalue weighted by Gasteiger charge is -2.22. The fourth-order valence-electron chi connectivity index (χ4n) is 3.08. The molecule has 23 heavy (non-hydrogen) atoms. The molecule has 1 aliphatic heterocycles. The zero-order chi connectivity index (χ0) is 16.7. The van der Waals surface area contributed by atoms with Gasteiger partial charge >= 0.3 is 0 Å². The Balaban J connectivity index is 0.000000924. The van der Waals surface area contributed by atoms with Gasteiger partial charge in [-0.2, -0.15) is 5.10 Å². The molecule has 0 spiro atoms. The first-order valence-corrected chi connectivity index (χ1v) is 8.72. The van der Waals surface area contributed by atoms with E-state index in [1.54, 1.807) is 7.11 Å². The molecular formula is C19H29N3O. The molecule has 1 atom stereocenters. The molecule has 2 aromatic heterocycles. The second-order valence-corrected chi connectivity index (χ2v) is 5.54. The van der Waals surface area contributed by atoms with Crippen LogP contribution in [0.25, 0.3) is 5.52 Å². The summed E-state index contributed by atoms with van der Waals surface area (Å²) in [5.41, 5.74) is 3.62. The van der Waals surface area contributed by atoms with Crippen LogP contribution in [0.1, 0.15) is 45.6 Å². The number of hydrazone groups is 1. The predicted molar refractivity (Wildman–Crippen MR) is 97.2 cm³/mol. The number of pyridine rings is 1. The van der Waals surface area contributed by atoms with Crippen molar-refractivity contribution in [2.45, 2.75) is 46.1 Å². The van der Waals surface area contributed by atoms with Crippen molar-refractivity contribution in [3.63, 3.8) is 0 Å². The number of aromatic nitrogens is 1. The van der Waals surface area contributed by atoms with E-state index in [2.05, 4.69) is 53.0 Å². The van der Waals surface area contributed by atoms with Gasteiger partial charge in [-0.15, -0.1) is 0 Å². The molecular weight excluding hydrogens is 286 g/mol. The van der Waals surface area contributed by atoms with Crippen molar-refractivity contribution >= 4 is 11.2 Å². The Kier molecular flexibility index (Phi) is 6.66. The molecule has 2 aromatic rings. The number of hydrogen-bond donors (Lipinski definition) is 0. The molecule has 1 unspecified atom stereocenters. The van der Waals surface area contributed by atoms with Gasteiger partial charge in [0.25, 0.3) is 0 Å². The first-order chi connectivity index (χ1) is 11.3. The topological polar surface area (TPSA) is 29.2 Å². The second kappa shape index (κ2) is 8.73. The molecule has 3 heterocycles. The summed E-state index contributed by atoms with van der Waals surface area (Å²) in [6.45, 7) is 7.97. The van der Waals surface area contributed by atoms with E-state index < -0.39 is 0 Å². The van der Waals surface area contributed by atoms with Crippen molar-refractivity contribution in [2.24, 2.45) is 5.10 Å². The first kappa shape index (κ1) is 17.5. The summed E-state index contributed by atoms with van der Waals surface area (Å²) in [4.78, 5) is 0. The van der Waals surface area contributed by atoms with Gasteiger partial charge in [0.1, 0.15) is 0 Å². The lowest BCUT2D eigenvalue weighted by molar-refractivity contribution is 0.118. The molecule has 1 fully saturated rings. The normalized spacial score (nSPS) is 18.2. The molecule has 4 nitrogen and oxygen atoms in total. The third-order valence-corrected chi connectivity index (χ3v) is 4.17. The van der Waals surface area contributed by atoms with Crippen molar-refractivity contribution in [2.75, 3.05) is 20.3 Å². The molecule has 0 aromatic carbocycles. The molecule has 1 aliphatic rings. The van der Waals surface area contributed by atoms with Crippen LogP contribution >= 0.6 is 0 Å². The maximum absolute atomic E-state index is 5.32. The Morgan fingerprint density at radius 2 is 2.09 bits per heavy atom. The van der Waals surface area contributed by atoms with Crippen molar-refractivity contribution in [1.82, 2.24) is 9.41 Å². The molecule has 4 heteroatoms. The summed E-state index contributed by atoms with van der Waals surface area (Å²) < 4.78 is 7.47. The number of methoxy groups -OCH3 is 1. The zero-order valence-corrected chi connectivity index (χ0v) is 14.8. The average molecular weight is 315 g/mol. The Bertz CT molecular complexity index is 632. The lowest BCUT2D eigenvalue weighted by Crippen LogP contribution is -2.29. The van der Waals surface area contributed by atoms with Crippen LogP contribution in [0.4, 0.5) is 0 Å². The van der Waals surface area contributed by atoms with Crippen LogP contribution in [0, 0.1) is 0 Å². The Labute approximate surface area is 139 Å². The summed E-state index contributed by atoms with van der Waals surface area (Å²) in [6.07, 6.45) is 7.49. The summed E-state index contributed by atoms with van der Waals surface area (Å²) in [6, 6.07) is 8.87. The van der Waals surface area contributed by atoms with E-state index in [0.29, 0.717) is 6.04 Å².